The van der Waals surface area contributed by atoms with E-state index in [4.69, 9.17) is 9.47 Å². The Morgan fingerprint density at radius 2 is 1.90 bits per heavy atom. The van der Waals surface area contributed by atoms with Crippen LogP contribution in [0.25, 0.3) is 11.4 Å². The Hall–Kier alpha value is -2.47. The zero-order valence-corrected chi connectivity index (χ0v) is 11.8. The lowest BCUT2D eigenvalue weighted by molar-refractivity contribution is 0.0592. The number of nitrogens with one attached hydrogen (secondary N) is 1. The first-order valence-electron chi connectivity index (χ1n) is 6.56. The molecule has 2 heterocycles. The molecule has 0 spiro atoms. The second-order valence-electron chi connectivity index (χ2n) is 4.64. The predicted octanol–water partition coefficient (Wildman–Crippen LogP) is 1.54. The van der Waals surface area contributed by atoms with Crippen molar-refractivity contribution < 1.29 is 14.3 Å². The van der Waals surface area contributed by atoms with Crippen LogP contribution in [0.4, 0.5) is 0 Å². The van der Waals surface area contributed by atoms with Crippen LogP contribution in [0.3, 0.4) is 0 Å². The molecule has 1 aromatic heterocycles. The summed E-state index contributed by atoms with van der Waals surface area (Å²) in [6.45, 7) is 1.22. The second kappa shape index (κ2) is 5.49. The third kappa shape index (κ3) is 2.45. The summed E-state index contributed by atoms with van der Waals surface area (Å²) in [7, 11) is 2.97. The molecule has 0 atom stereocenters. The van der Waals surface area contributed by atoms with Gasteiger partial charge < -0.3 is 14.8 Å². The van der Waals surface area contributed by atoms with E-state index in [0.29, 0.717) is 24.6 Å². The molecule has 0 saturated carbocycles. The molecule has 0 saturated heterocycles. The number of hydrogen-bond donors (Lipinski definition) is 1. The van der Waals surface area contributed by atoms with E-state index < -0.39 is 5.97 Å². The molecule has 0 fully saturated rings. The maximum atomic E-state index is 11.9. The predicted molar refractivity (Wildman–Crippen MR) is 75.9 cm³/mol. The summed E-state index contributed by atoms with van der Waals surface area (Å²) < 4.78 is 9.95. The van der Waals surface area contributed by atoms with Gasteiger partial charge in [-0.1, -0.05) is 0 Å². The molecule has 21 heavy (non-hydrogen) atoms. The minimum absolute atomic E-state index is 0.332. The standard InChI is InChI=1S/C15H15N3O3/c1-20-10-5-3-9(4-6-10)14-17-12-8-16-7-11(12)13(18-14)15(19)21-2/h3-6,16H,7-8H2,1-2H3. The highest BCUT2D eigenvalue weighted by molar-refractivity contribution is 5.89. The maximum absolute atomic E-state index is 11.9. The molecule has 0 radical (unpaired) electrons. The van der Waals surface area contributed by atoms with Crippen LogP contribution in [0.1, 0.15) is 21.7 Å². The maximum Gasteiger partial charge on any atom is 0.357 e. The smallest absolute Gasteiger partial charge is 0.357 e. The van der Waals surface area contributed by atoms with E-state index in [0.717, 1.165) is 22.6 Å². The van der Waals surface area contributed by atoms with Crippen molar-refractivity contribution in [1.29, 1.82) is 0 Å². The Bertz CT molecular complexity index is 683. The largest absolute Gasteiger partial charge is 0.497 e. The fourth-order valence-electron chi connectivity index (χ4n) is 2.30. The number of methoxy groups -OCH3 is 2. The van der Waals surface area contributed by atoms with Crippen LogP contribution in [0, 0.1) is 0 Å². The highest BCUT2D eigenvalue weighted by Gasteiger charge is 2.24. The van der Waals surface area contributed by atoms with Gasteiger partial charge in [-0.25, -0.2) is 14.8 Å². The molecular formula is C15H15N3O3. The SMILES string of the molecule is COC(=O)c1nc(-c2ccc(OC)cc2)nc2c1CNC2. The summed E-state index contributed by atoms with van der Waals surface area (Å²) >= 11 is 0. The number of ether oxygens (including phenoxy) is 2. The van der Waals surface area contributed by atoms with E-state index in [1.165, 1.54) is 7.11 Å². The van der Waals surface area contributed by atoms with Crippen LogP contribution >= 0.6 is 0 Å². The first kappa shape index (κ1) is 13.5. The highest BCUT2D eigenvalue weighted by atomic mass is 16.5. The van der Waals surface area contributed by atoms with Gasteiger partial charge in [0.05, 0.1) is 19.9 Å². The van der Waals surface area contributed by atoms with Gasteiger partial charge in [0, 0.05) is 24.2 Å². The van der Waals surface area contributed by atoms with Crippen molar-refractivity contribution in [3.63, 3.8) is 0 Å². The lowest BCUT2D eigenvalue weighted by atomic mass is 10.1. The number of rotatable bonds is 3. The third-order valence-electron chi connectivity index (χ3n) is 3.41. The normalized spacial score (nSPS) is 12.9. The fraction of sp³-hybridized carbons (Fsp3) is 0.267. The zero-order valence-electron chi connectivity index (χ0n) is 11.8. The summed E-state index contributed by atoms with van der Waals surface area (Å²) in [5.74, 6) is 0.836. The van der Waals surface area contributed by atoms with E-state index in [1.54, 1.807) is 7.11 Å². The van der Waals surface area contributed by atoms with Crippen molar-refractivity contribution >= 4 is 5.97 Å². The number of esters is 1. The van der Waals surface area contributed by atoms with Crippen molar-refractivity contribution in [1.82, 2.24) is 15.3 Å². The van der Waals surface area contributed by atoms with Gasteiger partial charge in [-0.3, -0.25) is 0 Å². The van der Waals surface area contributed by atoms with Gasteiger partial charge in [0.25, 0.3) is 0 Å². The number of benzene rings is 1. The molecule has 0 bridgehead atoms. The van der Waals surface area contributed by atoms with E-state index in [2.05, 4.69) is 15.3 Å². The van der Waals surface area contributed by atoms with Gasteiger partial charge in [0.1, 0.15) is 5.75 Å². The molecule has 6 nitrogen and oxygen atoms in total. The molecule has 2 aromatic rings. The summed E-state index contributed by atoms with van der Waals surface area (Å²) in [5.41, 5.74) is 2.82. The van der Waals surface area contributed by atoms with E-state index in [1.807, 2.05) is 24.3 Å². The van der Waals surface area contributed by atoms with E-state index in [9.17, 15) is 4.79 Å². The topological polar surface area (TPSA) is 73.3 Å². The number of hydrogen-bond acceptors (Lipinski definition) is 6. The summed E-state index contributed by atoms with van der Waals surface area (Å²) in [6, 6.07) is 7.40. The Morgan fingerprint density at radius 1 is 1.14 bits per heavy atom. The minimum Gasteiger partial charge on any atom is -0.497 e. The van der Waals surface area contributed by atoms with Crippen molar-refractivity contribution in [2.45, 2.75) is 13.1 Å². The van der Waals surface area contributed by atoms with Gasteiger partial charge in [0.15, 0.2) is 11.5 Å². The molecule has 6 heteroatoms. The highest BCUT2D eigenvalue weighted by Crippen LogP contribution is 2.24. The average Bonchev–Trinajstić information content (AvgIpc) is 3.01. The molecular weight excluding hydrogens is 270 g/mol. The zero-order chi connectivity index (χ0) is 14.8. The molecule has 1 aromatic carbocycles. The van der Waals surface area contributed by atoms with Crippen molar-refractivity contribution in [3.8, 4) is 17.1 Å². The minimum atomic E-state index is -0.438. The van der Waals surface area contributed by atoms with Crippen LogP contribution in [-0.2, 0) is 17.8 Å². The van der Waals surface area contributed by atoms with Gasteiger partial charge in [0.2, 0.25) is 0 Å². The third-order valence-corrected chi connectivity index (χ3v) is 3.41. The first-order chi connectivity index (χ1) is 10.2. The molecule has 108 valence electrons. The quantitative estimate of drug-likeness (QED) is 0.862. The molecule has 1 N–H and O–H groups in total. The van der Waals surface area contributed by atoms with Crippen LogP contribution < -0.4 is 10.1 Å². The monoisotopic (exact) mass is 285 g/mol. The number of carbonyl (C=O) groups is 1. The Balaban J connectivity index is 2.08. The number of nitrogens with zero attached hydrogens (tertiary/aromatic N) is 2. The van der Waals surface area contributed by atoms with Crippen LogP contribution in [-0.4, -0.2) is 30.2 Å². The van der Waals surface area contributed by atoms with E-state index in [-0.39, 0.29) is 0 Å². The van der Waals surface area contributed by atoms with Gasteiger partial charge in [-0.05, 0) is 24.3 Å². The second-order valence-corrected chi connectivity index (χ2v) is 4.64. The molecule has 0 unspecified atom stereocenters. The van der Waals surface area contributed by atoms with Crippen molar-refractivity contribution in [2.24, 2.45) is 0 Å². The van der Waals surface area contributed by atoms with Crippen LogP contribution in [0.2, 0.25) is 0 Å². The fourth-order valence-corrected chi connectivity index (χ4v) is 2.30. The number of aromatic nitrogens is 2. The Morgan fingerprint density at radius 3 is 2.57 bits per heavy atom. The summed E-state index contributed by atoms with van der Waals surface area (Å²) in [5, 5.41) is 3.17. The van der Waals surface area contributed by atoms with Crippen LogP contribution in [0.5, 0.6) is 5.75 Å². The molecule has 0 aliphatic carbocycles. The number of fused-ring (bicyclic) bond motifs is 1. The lowest BCUT2D eigenvalue weighted by Gasteiger charge is -2.08. The van der Waals surface area contributed by atoms with E-state index >= 15 is 0 Å². The first-order valence-corrected chi connectivity index (χ1v) is 6.56. The Labute approximate surface area is 122 Å². The molecule has 0 amide bonds. The van der Waals surface area contributed by atoms with Gasteiger partial charge >= 0.3 is 5.97 Å². The van der Waals surface area contributed by atoms with Gasteiger partial charge in [-0.15, -0.1) is 0 Å². The number of carbonyl (C=O) groups excluding carboxylic acids is 1. The van der Waals surface area contributed by atoms with Crippen molar-refractivity contribution in [2.75, 3.05) is 14.2 Å². The summed E-state index contributed by atoms with van der Waals surface area (Å²) in [4.78, 5) is 20.8. The molecule has 1 aliphatic heterocycles. The summed E-state index contributed by atoms with van der Waals surface area (Å²) in [6.07, 6.45) is 0. The van der Waals surface area contributed by atoms with Crippen LogP contribution in [0.15, 0.2) is 24.3 Å². The molecule has 1 aliphatic rings. The van der Waals surface area contributed by atoms with Crippen molar-refractivity contribution in [3.05, 3.63) is 41.2 Å². The van der Waals surface area contributed by atoms with Gasteiger partial charge in [-0.2, -0.15) is 0 Å². The average molecular weight is 285 g/mol. The lowest BCUT2D eigenvalue weighted by Crippen LogP contribution is -2.11. The molecule has 3 rings (SSSR count). The Kier molecular flexibility index (Phi) is 3.53.